The Balaban J connectivity index is 1.87. The molecule has 2 aromatic carbocycles. The number of benzene rings is 2. The first-order chi connectivity index (χ1) is 13.8. The number of aryl methyl sites for hydroxylation is 2. The summed E-state index contributed by atoms with van der Waals surface area (Å²) >= 11 is 0. The Kier molecular flexibility index (Phi) is 6.10. The first kappa shape index (κ1) is 21.1. The second-order valence-electron chi connectivity index (χ2n) is 7.07. The molecular formula is C22H27N3O3S. The van der Waals surface area contributed by atoms with Crippen molar-refractivity contribution >= 4 is 26.8 Å². The lowest BCUT2D eigenvalue weighted by molar-refractivity contribution is 0.0943. The molecule has 0 radical (unpaired) electrons. The van der Waals surface area contributed by atoms with Crippen LogP contribution in [0.15, 0.2) is 53.4 Å². The highest BCUT2D eigenvalue weighted by molar-refractivity contribution is 7.89. The number of nitrogens with zero attached hydrogens (tertiary/aromatic N) is 2. The SMILES string of the molecule is CCN(CC)S(=O)(=O)c1ccc2c(c1)cc(C(=O)NCc1ccc(C)cc1)n2C. The van der Waals surface area contributed by atoms with Crippen LogP contribution in [0.4, 0.5) is 0 Å². The zero-order chi connectivity index (χ0) is 21.2. The lowest BCUT2D eigenvalue weighted by Gasteiger charge is -2.18. The molecule has 3 rings (SSSR count). The van der Waals surface area contributed by atoms with E-state index in [1.54, 1.807) is 28.8 Å². The molecule has 1 amide bonds. The molecule has 0 unspecified atom stereocenters. The first-order valence-corrected chi connectivity index (χ1v) is 11.1. The Morgan fingerprint density at radius 3 is 2.31 bits per heavy atom. The molecule has 0 fully saturated rings. The largest absolute Gasteiger partial charge is 0.347 e. The Morgan fingerprint density at radius 2 is 1.69 bits per heavy atom. The van der Waals surface area contributed by atoms with Gasteiger partial charge in [0.05, 0.1) is 4.90 Å². The average Bonchev–Trinajstić information content (AvgIpc) is 3.04. The second kappa shape index (κ2) is 8.39. The number of hydrogen-bond donors (Lipinski definition) is 1. The van der Waals surface area contributed by atoms with Crippen LogP contribution in [0.5, 0.6) is 0 Å². The van der Waals surface area contributed by atoms with Crippen molar-refractivity contribution in [3.63, 3.8) is 0 Å². The van der Waals surface area contributed by atoms with Crippen molar-refractivity contribution in [2.24, 2.45) is 7.05 Å². The Hall–Kier alpha value is -2.64. The van der Waals surface area contributed by atoms with E-state index in [4.69, 9.17) is 0 Å². The van der Waals surface area contributed by atoms with E-state index >= 15 is 0 Å². The summed E-state index contributed by atoms with van der Waals surface area (Å²) in [6.07, 6.45) is 0. The molecular weight excluding hydrogens is 386 g/mol. The molecule has 0 spiro atoms. The van der Waals surface area contributed by atoms with Gasteiger partial charge in [0, 0.05) is 37.6 Å². The minimum absolute atomic E-state index is 0.197. The highest BCUT2D eigenvalue weighted by atomic mass is 32.2. The molecule has 0 saturated carbocycles. The predicted octanol–water partition coefficient (Wildman–Crippen LogP) is 3.45. The molecule has 29 heavy (non-hydrogen) atoms. The number of carbonyl (C=O) groups excluding carboxylic acids is 1. The monoisotopic (exact) mass is 413 g/mol. The van der Waals surface area contributed by atoms with Crippen LogP contribution < -0.4 is 5.32 Å². The molecule has 1 aromatic heterocycles. The lowest BCUT2D eigenvalue weighted by Crippen LogP contribution is -2.30. The molecule has 0 aliphatic carbocycles. The van der Waals surface area contributed by atoms with Crippen molar-refractivity contribution in [3.8, 4) is 0 Å². The summed E-state index contributed by atoms with van der Waals surface area (Å²) in [7, 11) is -1.74. The number of sulfonamides is 1. The van der Waals surface area contributed by atoms with E-state index in [2.05, 4.69) is 5.32 Å². The third kappa shape index (κ3) is 4.21. The normalized spacial score (nSPS) is 11.9. The van der Waals surface area contributed by atoms with Crippen molar-refractivity contribution < 1.29 is 13.2 Å². The van der Waals surface area contributed by atoms with Gasteiger partial charge in [0.15, 0.2) is 0 Å². The van der Waals surface area contributed by atoms with E-state index in [1.807, 2.05) is 52.1 Å². The summed E-state index contributed by atoms with van der Waals surface area (Å²) in [6.45, 7) is 6.92. The van der Waals surface area contributed by atoms with Gasteiger partial charge in [-0.1, -0.05) is 43.7 Å². The Labute approximate surface area is 172 Å². The average molecular weight is 414 g/mol. The van der Waals surface area contributed by atoms with E-state index in [1.165, 1.54) is 9.87 Å². The number of carbonyl (C=O) groups is 1. The fourth-order valence-corrected chi connectivity index (χ4v) is 4.89. The van der Waals surface area contributed by atoms with Gasteiger partial charge in [0.25, 0.3) is 5.91 Å². The van der Waals surface area contributed by atoms with E-state index in [9.17, 15) is 13.2 Å². The minimum atomic E-state index is -3.54. The van der Waals surface area contributed by atoms with Gasteiger partial charge < -0.3 is 9.88 Å². The van der Waals surface area contributed by atoms with Gasteiger partial charge >= 0.3 is 0 Å². The second-order valence-corrected chi connectivity index (χ2v) is 9.00. The van der Waals surface area contributed by atoms with Crippen LogP contribution in [0.25, 0.3) is 10.9 Å². The number of amides is 1. The topological polar surface area (TPSA) is 71.4 Å². The first-order valence-electron chi connectivity index (χ1n) is 9.71. The zero-order valence-electron chi connectivity index (χ0n) is 17.3. The summed E-state index contributed by atoms with van der Waals surface area (Å²) in [5, 5.41) is 3.65. The number of nitrogens with one attached hydrogen (secondary N) is 1. The van der Waals surface area contributed by atoms with Gasteiger partial charge in [-0.25, -0.2) is 8.42 Å². The third-order valence-corrected chi connectivity index (χ3v) is 7.21. The van der Waals surface area contributed by atoms with E-state index in [0.717, 1.165) is 16.5 Å². The molecule has 1 heterocycles. The maximum Gasteiger partial charge on any atom is 0.268 e. The van der Waals surface area contributed by atoms with Crippen LogP contribution in [0.2, 0.25) is 0 Å². The highest BCUT2D eigenvalue weighted by Gasteiger charge is 2.23. The molecule has 0 aliphatic rings. The maximum absolute atomic E-state index is 12.8. The molecule has 6 nitrogen and oxygen atoms in total. The fourth-order valence-electron chi connectivity index (χ4n) is 3.40. The highest BCUT2D eigenvalue weighted by Crippen LogP contribution is 2.24. The lowest BCUT2D eigenvalue weighted by atomic mass is 10.1. The van der Waals surface area contributed by atoms with Crippen LogP contribution in [0.1, 0.15) is 35.5 Å². The molecule has 0 aliphatic heterocycles. The molecule has 1 N–H and O–H groups in total. The van der Waals surface area contributed by atoms with Crippen LogP contribution in [0, 0.1) is 6.92 Å². The molecule has 3 aromatic rings. The standard InChI is InChI=1S/C22H27N3O3S/c1-5-25(6-2)29(27,28)19-11-12-20-18(13-19)14-21(24(20)4)22(26)23-15-17-9-7-16(3)8-10-17/h7-14H,5-6,15H2,1-4H3,(H,23,26). The minimum Gasteiger partial charge on any atom is -0.347 e. The van der Waals surface area contributed by atoms with E-state index < -0.39 is 10.0 Å². The summed E-state index contributed by atoms with van der Waals surface area (Å²) in [6, 6.07) is 14.7. The van der Waals surface area contributed by atoms with Crippen LogP contribution in [-0.2, 0) is 23.6 Å². The fraction of sp³-hybridized carbons (Fsp3) is 0.318. The maximum atomic E-state index is 12.8. The van der Waals surface area contributed by atoms with Gasteiger partial charge in [-0.15, -0.1) is 0 Å². The number of rotatable bonds is 7. The Morgan fingerprint density at radius 1 is 1.03 bits per heavy atom. The Bertz CT molecular complexity index is 1130. The number of hydrogen-bond acceptors (Lipinski definition) is 3. The van der Waals surface area contributed by atoms with E-state index in [0.29, 0.717) is 25.3 Å². The summed E-state index contributed by atoms with van der Waals surface area (Å²) in [4.78, 5) is 12.9. The summed E-state index contributed by atoms with van der Waals surface area (Å²) in [5.41, 5.74) is 3.49. The van der Waals surface area contributed by atoms with Crippen molar-refractivity contribution in [2.75, 3.05) is 13.1 Å². The smallest absolute Gasteiger partial charge is 0.268 e. The quantitative estimate of drug-likeness (QED) is 0.645. The van der Waals surface area contributed by atoms with E-state index in [-0.39, 0.29) is 10.8 Å². The van der Waals surface area contributed by atoms with Gasteiger partial charge in [-0.05, 0) is 36.8 Å². The van der Waals surface area contributed by atoms with Crippen molar-refractivity contribution in [1.82, 2.24) is 14.2 Å². The van der Waals surface area contributed by atoms with Crippen molar-refractivity contribution in [1.29, 1.82) is 0 Å². The van der Waals surface area contributed by atoms with Crippen molar-refractivity contribution in [2.45, 2.75) is 32.2 Å². The van der Waals surface area contributed by atoms with Crippen molar-refractivity contribution in [3.05, 3.63) is 65.4 Å². The number of aromatic nitrogens is 1. The van der Waals surface area contributed by atoms with Crippen LogP contribution in [0.3, 0.4) is 0 Å². The van der Waals surface area contributed by atoms with Gasteiger partial charge in [0.2, 0.25) is 10.0 Å². The third-order valence-electron chi connectivity index (χ3n) is 5.16. The molecule has 0 atom stereocenters. The van der Waals surface area contributed by atoms with Crippen LogP contribution >= 0.6 is 0 Å². The molecule has 7 heteroatoms. The van der Waals surface area contributed by atoms with Crippen LogP contribution in [-0.4, -0.2) is 36.3 Å². The van der Waals surface area contributed by atoms with Gasteiger partial charge in [-0.3, -0.25) is 4.79 Å². The van der Waals surface area contributed by atoms with Gasteiger partial charge in [0.1, 0.15) is 5.69 Å². The summed E-state index contributed by atoms with van der Waals surface area (Å²) in [5.74, 6) is -0.197. The predicted molar refractivity (Wildman–Crippen MR) is 115 cm³/mol. The number of fused-ring (bicyclic) bond motifs is 1. The summed E-state index contributed by atoms with van der Waals surface area (Å²) < 4.78 is 28.8. The molecule has 154 valence electrons. The molecule has 0 saturated heterocycles. The zero-order valence-corrected chi connectivity index (χ0v) is 18.1. The van der Waals surface area contributed by atoms with Gasteiger partial charge in [-0.2, -0.15) is 4.31 Å². The molecule has 0 bridgehead atoms.